The highest BCUT2D eigenvalue weighted by molar-refractivity contribution is 7.08. The van der Waals surface area contributed by atoms with Gasteiger partial charge < -0.3 is 9.84 Å². The number of carboxylic acids is 1. The summed E-state index contributed by atoms with van der Waals surface area (Å²) in [6, 6.07) is 1.38. The van der Waals surface area contributed by atoms with Gasteiger partial charge in [0, 0.05) is 6.07 Å². The van der Waals surface area contributed by atoms with Gasteiger partial charge in [-0.05, 0) is 11.5 Å². The largest absolute Gasteiger partial charge is 0.480 e. The monoisotopic (exact) mass is 159 g/mol. The number of nitrogens with zero attached hydrogens (tertiary/aromatic N) is 1. The van der Waals surface area contributed by atoms with Gasteiger partial charge in [0.25, 0.3) is 0 Å². The highest BCUT2D eigenvalue weighted by Crippen LogP contribution is 2.15. The molecule has 54 valence electrons. The summed E-state index contributed by atoms with van der Waals surface area (Å²) < 4.78 is 8.38. The van der Waals surface area contributed by atoms with E-state index in [-0.39, 0.29) is 4.88 Å². The second-order valence-corrected chi connectivity index (χ2v) is 2.34. The lowest BCUT2D eigenvalue weighted by Gasteiger charge is -1.85. The first kappa shape index (κ1) is 7.01. The van der Waals surface area contributed by atoms with Gasteiger partial charge in [-0.25, -0.2) is 4.79 Å². The normalized spacial score (nSPS) is 9.30. The van der Waals surface area contributed by atoms with Crippen LogP contribution in [0.1, 0.15) is 9.67 Å². The fourth-order valence-corrected chi connectivity index (χ4v) is 1.00. The molecule has 0 radical (unpaired) electrons. The smallest absolute Gasteiger partial charge is 0.347 e. The summed E-state index contributed by atoms with van der Waals surface area (Å²) >= 11 is 0.908. The average Bonchev–Trinajstić information content (AvgIpc) is 2.34. The van der Waals surface area contributed by atoms with Gasteiger partial charge >= 0.3 is 5.97 Å². The molecule has 1 aromatic heterocycles. The van der Waals surface area contributed by atoms with Crippen molar-refractivity contribution >= 4 is 17.5 Å². The molecular weight excluding hydrogens is 154 g/mol. The van der Waals surface area contributed by atoms with Crippen molar-refractivity contribution in [2.45, 2.75) is 0 Å². The van der Waals surface area contributed by atoms with E-state index in [1.54, 1.807) is 0 Å². The molecule has 5 heteroatoms. The van der Waals surface area contributed by atoms with Gasteiger partial charge in [0.05, 0.1) is 7.11 Å². The Balaban J connectivity index is 2.88. The Labute approximate surface area is 61.2 Å². The lowest BCUT2D eigenvalue weighted by molar-refractivity contribution is 0.0702. The molecule has 0 fully saturated rings. The summed E-state index contributed by atoms with van der Waals surface area (Å²) in [7, 11) is 1.45. The summed E-state index contributed by atoms with van der Waals surface area (Å²) in [6.45, 7) is 0. The van der Waals surface area contributed by atoms with Gasteiger partial charge in [-0.15, -0.1) is 0 Å². The van der Waals surface area contributed by atoms with Gasteiger partial charge in [-0.1, -0.05) is 0 Å². The van der Waals surface area contributed by atoms with E-state index >= 15 is 0 Å². The zero-order chi connectivity index (χ0) is 7.56. The molecule has 1 aromatic rings. The number of aromatic carboxylic acids is 1. The zero-order valence-corrected chi connectivity index (χ0v) is 6.01. The standard InChI is InChI=1S/C5H5NO3S/c1-9-4-2-3(5(7)8)10-6-4/h2H,1H3,(H,7,8). The van der Waals surface area contributed by atoms with Crippen LogP contribution in [0.5, 0.6) is 5.88 Å². The van der Waals surface area contributed by atoms with Gasteiger partial charge in [0.1, 0.15) is 4.88 Å². The first-order valence-corrected chi connectivity index (χ1v) is 3.25. The molecule has 0 amide bonds. The second-order valence-electron chi connectivity index (χ2n) is 1.54. The maximum absolute atomic E-state index is 10.2. The molecule has 0 aliphatic rings. The minimum Gasteiger partial charge on any atom is -0.480 e. The van der Waals surface area contributed by atoms with Crippen LogP contribution in [-0.2, 0) is 0 Å². The van der Waals surface area contributed by atoms with E-state index in [2.05, 4.69) is 9.11 Å². The van der Waals surface area contributed by atoms with Crippen LogP contribution in [-0.4, -0.2) is 22.6 Å². The van der Waals surface area contributed by atoms with Gasteiger partial charge in [-0.2, -0.15) is 4.37 Å². The van der Waals surface area contributed by atoms with E-state index in [1.165, 1.54) is 13.2 Å². The Hall–Kier alpha value is -1.10. The molecule has 0 bridgehead atoms. The Morgan fingerprint density at radius 1 is 1.90 bits per heavy atom. The first-order chi connectivity index (χ1) is 4.74. The molecule has 0 aliphatic carbocycles. The molecular formula is C5H5NO3S. The number of rotatable bonds is 2. The number of hydrogen-bond donors (Lipinski definition) is 1. The minimum absolute atomic E-state index is 0.192. The number of methoxy groups -OCH3 is 1. The van der Waals surface area contributed by atoms with E-state index in [4.69, 9.17) is 5.11 Å². The number of ether oxygens (including phenoxy) is 1. The van der Waals surface area contributed by atoms with Crippen molar-refractivity contribution < 1.29 is 14.6 Å². The van der Waals surface area contributed by atoms with Gasteiger partial charge in [-0.3, -0.25) is 0 Å². The fourth-order valence-electron chi connectivity index (χ4n) is 0.456. The Morgan fingerprint density at radius 3 is 2.90 bits per heavy atom. The van der Waals surface area contributed by atoms with Crippen molar-refractivity contribution in [2.24, 2.45) is 0 Å². The Morgan fingerprint density at radius 2 is 2.60 bits per heavy atom. The van der Waals surface area contributed by atoms with Crippen molar-refractivity contribution in [3.63, 3.8) is 0 Å². The Kier molecular flexibility index (Phi) is 1.86. The Bertz CT molecular complexity index is 245. The van der Waals surface area contributed by atoms with Crippen LogP contribution >= 0.6 is 11.5 Å². The number of carboxylic acid groups (broad SMARTS) is 1. The molecule has 1 N–H and O–H groups in total. The van der Waals surface area contributed by atoms with Crippen LogP contribution < -0.4 is 4.74 Å². The number of hydrogen-bond acceptors (Lipinski definition) is 4. The zero-order valence-electron chi connectivity index (χ0n) is 5.20. The molecule has 0 aliphatic heterocycles. The van der Waals surface area contributed by atoms with E-state index < -0.39 is 5.97 Å². The van der Waals surface area contributed by atoms with E-state index in [1.807, 2.05) is 0 Å². The lowest BCUT2D eigenvalue weighted by Crippen LogP contribution is -1.90. The van der Waals surface area contributed by atoms with Crippen LogP contribution in [0.3, 0.4) is 0 Å². The van der Waals surface area contributed by atoms with Crippen molar-refractivity contribution in [3.8, 4) is 5.88 Å². The fraction of sp³-hybridized carbons (Fsp3) is 0.200. The van der Waals surface area contributed by atoms with Crippen molar-refractivity contribution in [2.75, 3.05) is 7.11 Å². The van der Waals surface area contributed by atoms with Crippen LogP contribution in [0.15, 0.2) is 6.07 Å². The quantitative estimate of drug-likeness (QED) is 0.694. The number of aromatic nitrogens is 1. The first-order valence-electron chi connectivity index (χ1n) is 2.48. The average molecular weight is 159 g/mol. The van der Waals surface area contributed by atoms with Crippen molar-refractivity contribution in [1.29, 1.82) is 0 Å². The predicted octanol–water partition coefficient (Wildman–Crippen LogP) is 0.850. The summed E-state index contributed by atoms with van der Waals surface area (Å²) in [5, 5.41) is 8.41. The SMILES string of the molecule is COc1cc(C(=O)O)sn1. The third-order valence-corrected chi connectivity index (χ3v) is 1.67. The molecule has 0 saturated heterocycles. The highest BCUT2D eigenvalue weighted by Gasteiger charge is 2.07. The summed E-state index contributed by atoms with van der Waals surface area (Å²) in [5.74, 6) is -0.622. The van der Waals surface area contributed by atoms with E-state index in [0.717, 1.165) is 11.5 Å². The molecule has 0 spiro atoms. The molecule has 0 atom stereocenters. The lowest BCUT2D eigenvalue weighted by atomic mass is 10.5. The molecule has 10 heavy (non-hydrogen) atoms. The minimum atomic E-state index is -0.971. The van der Waals surface area contributed by atoms with Crippen LogP contribution in [0.4, 0.5) is 0 Å². The van der Waals surface area contributed by atoms with E-state index in [0.29, 0.717) is 5.88 Å². The maximum atomic E-state index is 10.2. The summed E-state index contributed by atoms with van der Waals surface area (Å²) in [4.78, 5) is 10.4. The van der Waals surface area contributed by atoms with Gasteiger partial charge in [0.2, 0.25) is 5.88 Å². The highest BCUT2D eigenvalue weighted by atomic mass is 32.1. The third-order valence-electron chi connectivity index (χ3n) is 0.908. The molecule has 1 rings (SSSR count). The van der Waals surface area contributed by atoms with E-state index in [9.17, 15) is 4.79 Å². The maximum Gasteiger partial charge on any atom is 0.347 e. The molecule has 0 saturated carbocycles. The van der Waals surface area contributed by atoms with Crippen LogP contribution in [0.25, 0.3) is 0 Å². The molecule has 1 heterocycles. The summed E-state index contributed by atoms with van der Waals surface area (Å²) in [5.41, 5.74) is 0. The van der Waals surface area contributed by atoms with Crippen molar-refractivity contribution in [3.05, 3.63) is 10.9 Å². The van der Waals surface area contributed by atoms with Crippen LogP contribution in [0.2, 0.25) is 0 Å². The molecule has 4 nitrogen and oxygen atoms in total. The van der Waals surface area contributed by atoms with Crippen molar-refractivity contribution in [1.82, 2.24) is 4.37 Å². The van der Waals surface area contributed by atoms with Crippen LogP contribution in [0, 0.1) is 0 Å². The third kappa shape index (κ3) is 1.24. The number of carbonyl (C=O) groups is 1. The van der Waals surface area contributed by atoms with Gasteiger partial charge in [0.15, 0.2) is 0 Å². The topological polar surface area (TPSA) is 59.4 Å². The molecule has 0 unspecified atom stereocenters. The molecule has 0 aromatic carbocycles. The predicted molar refractivity (Wildman–Crippen MR) is 35.6 cm³/mol. The summed E-state index contributed by atoms with van der Waals surface area (Å²) in [6.07, 6.45) is 0. The second kappa shape index (κ2) is 2.66.